The van der Waals surface area contributed by atoms with E-state index in [-0.39, 0.29) is 5.91 Å². The van der Waals surface area contributed by atoms with E-state index in [0.717, 1.165) is 54.3 Å². The van der Waals surface area contributed by atoms with Crippen LogP contribution in [-0.4, -0.2) is 38.4 Å². The Bertz CT molecular complexity index is 948. The summed E-state index contributed by atoms with van der Waals surface area (Å²) in [6.45, 7) is 6.57. The quantitative estimate of drug-likeness (QED) is 0.712. The number of imidazole rings is 1. The average molecular weight is 360 g/mol. The number of carbonyl (C=O) groups is 1. The molecule has 1 saturated heterocycles. The molecule has 1 unspecified atom stereocenters. The standard InChI is InChI=1S/C22H24N4O/c1-16-5-3-6-19(11-16)22(27)25-10-8-18(14-25)15-26-17(2)12-24-21(26)20-7-4-9-23-13-20/h3-7,9,11-13,18H,8,10,14-15H2,1-2H3. The third-order valence-corrected chi connectivity index (χ3v) is 5.25. The Balaban J connectivity index is 1.48. The van der Waals surface area contributed by atoms with E-state index in [2.05, 4.69) is 21.5 Å². The van der Waals surface area contributed by atoms with Crippen LogP contribution in [0.2, 0.25) is 0 Å². The second-order valence-electron chi connectivity index (χ2n) is 7.35. The molecule has 0 bridgehead atoms. The fourth-order valence-corrected chi connectivity index (χ4v) is 3.80. The monoisotopic (exact) mass is 360 g/mol. The van der Waals surface area contributed by atoms with Gasteiger partial charge in [0.2, 0.25) is 0 Å². The summed E-state index contributed by atoms with van der Waals surface area (Å²) < 4.78 is 2.25. The molecule has 0 N–H and O–H groups in total. The molecular formula is C22H24N4O. The maximum absolute atomic E-state index is 12.8. The predicted molar refractivity (Wildman–Crippen MR) is 105 cm³/mol. The number of aromatic nitrogens is 3. The fraction of sp³-hybridized carbons (Fsp3) is 0.318. The Hall–Kier alpha value is -2.95. The minimum absolute atomic E-state index is 0.135. The molecule has 1 aromatic carbocycles. The largest absolute Gasteiger partial charge is 0.338 e. The molecule has 2 aromatic heterocycles. The van der Waals surface area contributed by atoms with Gasteiger partial charge in [-0.1, -0.05) is 17.7 Å². The molecule has 0 saturated carbocycles. The van der Waals surface area contributed by atoms with E-state index in [1.807, 2.05) is 60.6 Å². The summed E-state index contributed by atoms with van der Waals surface area (Å²) in [6, 6.07) is 11.8. The minimum atomic E-state index is 0.135. The number of aryl methyl sites for hydroxylation is 2. The van der Waals surface area contributed by atoms with Crippen LogP contribution < -0.4 is 0 Å². The van der Waals surface area contributed by atoms with E-state index in [4.69, 9.17) is 0 Å². The number of amides is 1. The van der Waals surface area contributed by atoms with Crippen molar-refractivity contribution in [3.05, 3.63) is 71.8 Å². The van der Waals surface area contributed by atoms with Gasteiger partial charge in [0, 0.05) is 55.0 Å². The lowest BCUT2D eigenvalue weighted by molar-refractivity contribution is 0.0786. The maximum Gasteiger partial charge on any atom is 0.253 e. The van der Waals surface area contributed by atoms with E-state index in [1.165, 1.54) is 0 Å². The molecule has 5 nitrogen and oxygen atoms in total. The Morgan fingerprint density at radius 2 is 2.07 bits per heavy atom. The minimum Gasteiger partial charge on any atom is -0.338 e. The Labute approximate surface area is 159 Å². The first-order valence-corrected chi connectivity index (χ1v) is 9.40. The molecule has 1 aliphatic rings. The van der Waals surface area contributed by atoms with E-state index in [9.17, 15) is 4.79 Å². The van der Waals surface area contributed by atoms with E-state index >= 15 is 0 Å². The Kier molecular flexibility index (Phi) is 4.75. The van der Waals surface area contributed by atoms with Gasteiger partial charge in [0.15, 0.2) is 0 Å². The number of hydrogen-bond donors (Lipinski definition) is 0. The van der Waals surface area contributed by atoms with Gasteiger partial charge in [-0.2, -0.15) is 0 Å². The second kappa shape index (κ2) is 7.35. The molecule has 27 heavy (non-hydrogen) atoms. The first kappa shape index (κ1) is 17.5. The molecule has 1 amide bonds. The molecule has 4 rings (SSSR count). The highest BCUT2D eigenvalue weighted by molar-refractivity contribution is 5.94. The zero-order chi connectivity index (χ0) is 18.8. The smallest absolute Gasteiger partial charge is 0.253 e. The highest BCUT2D eigenvalue weighted by Crippen LogP contribution is 2.25. The van der Waals surface area contributed by atoms with Gasteiger partial charge in [-0.25, -0.2) is 4.98 Å². The summed E-state index contributed by atoms with van der Waals surface area (Å²) in [5.41, 5.74) is 4.06. The van der Waals surface area contributed by atoms with Crippen molar-refractivity contribution < 1.29 is 4.79 Å². The third-order valence-electron chi connectivity index (χ3n) is 5.25. The van der Waals surface area contributed by atoms with Crippen LogP contribution in [0.1, 0.15) is 28.0 Å². The van der Waals surface area contributed by atoms with Gasteiger partial charge in [-0.05, 0) is 50.5 Å². The number of nitrogens with zero attached hydrogens (tertiary/aromatic N) is 4. The molecule has 0 spiro atoms. The van der Waals surface area contributed by atoms with E-state index < -0.39 is 0 Å². The molecule has 5 heteroatoms. The third kappa shape index (κ3) is 3.63. The molecule has 1 atom stereocenters. The van der Waals surface area contributed by atoms with Crippen molar-refractivity contribution in [3.63, 3.8) is 0 Å². The zero-order valence-electron chi connectivity index (χ0n) is 15.8. The Morgan fingerprint density at radius 3 is 2.85 bits per heavy atom. The van der Waals surface area contributed by atoms with Gasteiger partial charge in [0.05, 0.1) is 0 Å². The van der Waals surface area contributed by atoms with Crippen LogP contribution in [0.4, 0.5) is 0 Å². The normalized spacial score (nSPS) is 16.7. The van der Waals surface area contributed by atoms with Gasteiger partial charge in [0.25, 0.3) is 5.91 Å². The van der Waals surface area contributed by atoms with Crippen molar-refractivity contribution in [2.24, 2.45) is 5.92 Å². The van der Waals surface area contributed by atoms with Gasteiger partial charge in [0.1, 0.15) is 5.82 Å². The molecular weight excluding hydrogens is 336 g/mol. The molecule has 1 fully saturated rings. The van der Waals surface area contributed by atoms with Crippen LogP contribution in [0.5, 0.6) is 0 Å². The number of likely N-dealkylation sites (tertiary alicyclic amines) is 1. The van der Waals surface area contributed by atoms with Gasteiger partial charge in [-0.3, -0.25) is 9.78 Å². The van der Waals surface area contributed by atoms with E-state index in [1.54, 1.807) is 6.20 Å². The number of rotatable bonds is 4. The molecule has 138 valence electrons. The first-order valence-electron chi connectivity index (χ1n) is 9.40. The molecule has 1 aliphatic heterocycles. The lowest BCUT2D eigenvalue weighted by atomic mass is 10.1. The van der Waals surface area contributed by atoms with Crippen LogP contribution in [0, 0.1) is 19.8 Å². The van der Waals surface area contributed by atoms with Gasteiger partial charge in [-0.15, -0.1) is 0 Å². The average Bonchev–Trinajstić information content (AvgIpc) is 3.30. The van der Waals surface area contributed by atoms with Crippen LogP contribution in [0.15, 0.2) is 55.0 Å². The van der Waals surface area contributed by atoms with Gasteiger partial charge >= 0.3 is 0 Å². The van der Waals surface area contributed by atoms with E-state index in [0.29, 0.717) is 5.92 Å². The summed E-state index contributed by atoms with van der Waals surface area (Å²) >= 11 is 0. The predicted octanol–water partition coefficient (Wildman–Crippen LogP) is 3.72. The lowest BCUT2D eigenvalue weighted by Gasteiger charge is -2.18. The maximum atomic E-state index is 12.8. The molecule has 3 heterocycles. The molecule has 0 radical (unpaired) electrons. The number of pyridine rings is 1. The van der Waals surface area contributed by atoms with Crippen molar-refractivity contribution in [3.8, 4) is 11.4 Å². The molecule has 0 aliphatic carbocycles. The van der Waals surface area contributed by atoms with Crippen LogP contribution in [0.25, 0.3) is 11.4 Å². The van der Waals surface area contributed by atoms with Crippen LogP contribution in [0.3, 0.4) is 0 Å². The summed E-state index contributed by atoms with van der Waals surface area (Å²) in [5, 5.41) is 0. The number of hydrogen-bond acceptors (Lipinski definition) is 3. The Morgan fingerprint density at radius 1 is 1.19 bits per heavy atom. The summed E-state index contributed by atoms with van der Waals surface area (Å²) in [5.74, 6) is 1.52. The van der Waals surface area contributed by atoms with Crippen molar-refractivity contribution in [2.75, 3.05) is 13.1 Å². The van der Waals surface area contributed by atoms with Crippen molar-refractivity contribution >= 4 is 5.91 Å². The summed E-state index contributed by atoms with van der Waals surface area (Å²) in [4.78, 5) is 23.6. The van der Waals surface area contributed by atoms with Crippen LogP contribution >= 0.6 is 0 Å². The topological polar surface area (TPSA) is 51.0 Å². The number of carbonyl (C=O) groups excluding carboxylic acids is 1. The van der Waals surface area contributed by atoms with Gasteiger partial charge < -0.3 is 9.47 Å². The van der Waals surface area contributed by atoms with Crippen molar-refractivity contribution in [2.45, 2.75) is 26.8 Å². The van der Waals surface area contributed by atoms with Crippen LogP contribution in [-0.2, 0) is 6.54 Å². The zero-order valence-corrected chi connectivity index (χ0v) is 15.8. The summed E-state index contributed by atoms with van der Waals surface area (Å²) in [7, 11) is 0. The highest BCUT2D eigenvalue weighted by atomic mass is 16.2. The molecule has 3 aromatic rings. The lowest BCUT2D eigenvalue weighted by Crippen LogP contribution is -2.29. The first-order chi connectivity index (χ1) is 13.1. The second-order valence-corrected chi connectivity index (χ2v) is 7.35. The summed E-state index contributed by atoms with van der Waals surface area (Å²) in [6.07, 6.45) is 6.55. The number of benzene rings is 1. The van der Waals surface area contributed by atoms with Crippen molar-refractivity contribution in [1.82, 2.24) is 19.4 Å². The van der Waals surface area contributed by atoms with Crippen molar-refractivity contribution in [1.29, 1.82) is 0 Å². The fourth-order valence-electron chi connectivity index (χ4n) is 3.80. The highest BCUT2D eigenvalue weighted by Gasteiger charge is 2.28. The SMILES string of the molecule is Cc1cccc(C(=O)N2CCC(Cn3c(C)cnc3-c3cccnc3)C2)c1.